The van der Waals surface area contributed by atoms with Crippen LogP contribution in [0.2, 0.25) is 5.02 Å². The summed E-state index contributed by atoms with van der Waals surface area (Å²) < 4.78 is 2.16. The smallest absolute Gasteiger partial charge is 0.194 e. The second-order valence-corrected chi connectivity index (χ2v) is 5.74. The van der Waals surface area contributed by atoms with Gasteiger partial charge in [0.2, 0.25) is 0 Å². The van der Waals surface area contributed by atoms with E-state index >= 15 is 0 Å². The van der Waals surface area contributed by atoms with Crippen molar-refractivity contribution < 1.29 is 0 Å². The highest BCUT2D eigenvalue weighted by Crippen LogP contribution is 2.33. The Morgan fingerprint density at radius 2 is 2.22 bits per heavy atom. The Morgan fingerprint density at radius 1 is 1.39 bits per heavy atom. The SMILES string of the molecule is CCc1sc2nccn2c1-c1ccc(Cl)c(C)c1. The number of thiazole rings is 1. The fourth-order valence-electron chi connectivity index (χ4n) is 2.16. The normalized spacial score (nSPS) is 11.3. The molecular weight excluding hydrogens is 264 g/mol. The third kappa shape index (κ3) is 1.74. The number of halogens is 1. The first-order valence-electron chi connectivity index (χ1n) is 5.92. The largest absolute Gasteiger partial charge is 0.290 e. The van der Waals surface area contributed by atoms with Crippen molar-refractivity contribution >= 4 is 27.9 Å². The van der Waals surface area contributed by atoms with Gasteiger partial charge in [0.05, 0.1) is 5.69 Å². The molecule has 0 atom stereocenters. The lowest BCUT2D eigenvalue weighted by molar-refractivity contribution is 1.14. The number of benzene rings is 1. The van der Waals surface area contributed by atoms with Crippen molar-refractivity contribution in [3.8, 4) is 11.3 Å². The van der Waals surface area contributed by atoms with E-state index in [9.17, 15) is 0 Å². The third-order valence-corrected chi connectivity index (χ3v) is 4.72. The van der Waals surface area contributed by atoms with Crippen molar-refractivity contribution in [3.05, 3.63) is 46.1 Å². The quantitative estimate of drug-likeness (QED) is 0.669. The molecule has 4 heteroatoms. The summed E-state index contributed by atoms with van der Waals surface area (Å²) in [6.07, 6.45) is 4.88. The van der Waals surface area contributed by atoms with Gasteiger partial charge in [0, 0.05) is 27.9 Å². The molecule has 2 nitrogen and oxygen atoms in total. The van der Waals surface area contributed by atoms with Crippen LogP contribution in [0.5, 0.6) is 0 Å². The topological polar surface area (TPSA) is 17.3 Å². The van der Waals surface area contributed by atoms with E-state index in [1.165, 1.54) is 16.1 Å². The summed E-state index contributed by atoms with van der Waals surface area (Å²) in [7, 11) is 0. The fourth-order valence-corrected chi connectivity index (χ4v) is 3.32. The summed E-state index contributed by atoms with van der Waals surface area (Å²) in [5.74, 6) is 0. The first-order valence-corrected chi connectivity index (χ1v) is 7.11. The van der Waals surface area contributed by atoms with Gasteiger partial charge < -0.3 is 0 Å². The van der Waals surface area contributed by atoms with Crippen molar-refractivity contribution in [1.82, 2.24) is 9.38 Å². The van der Waals surface area contributed by atoms with Crippen LogP contribution in [0.1, 0.15) is 17.4 Å². The van der Waals surface area contributed by atoms with Gasteiger partial charge in [0.1, 0.15) is 0 Å². The van der Waals surface area contributed by atoms with Gasteiger partial charge in [0.15, 0.2) is 4.96 Å². The molecule has 0 aliphatic carbocycles. The van der Waals surface area contributed by atoms with Crippen molar-refractivity contribution in [1.29, 1.82) is 0 Å². The van der Waals surface area contributed by atoms with E-state index < -0.39 is 0 Å². The number of nitrogens with zero attached hydrogens (tertiary/aromatic N) is 2. The van der Waals surface area contributed by atoms with Crippen LogP contribution in [0.3, 0.4) is 0 Å². The zero-order valence-corrected chi connectivity index (χ0v) is 11.8. The average molecular weight is 277 g/mol. The van der Waals surface area contributed by atoms with Gasteiger partial charge in [-0.3, -0.25) is 4.40 Å². The van der Waals surface area contributed by atoms with Gasteiger partial charge >= 0.3 is 0 Å². The average Bonchev–Trinajstić information content (AvgIpc) is 2.92. The van der Waals surface area contributed by atoms with Crippen LogP contribution in [0.25, 0.3) is 16.2 Å². The highest BCUT2D eigenvalue weighted by atomic mass is 35.5. The summed E-state index contributed by atoms with van der Waals surface area (Å²) in [6.45, 7) is 4.21. The summed E-state index contributed by atoms with van der Waals surface area (Å²) in [5.41, 5.74) is 3.56. The summed E-state index contributed by atoms with van der Waals surface area (Å²) in [5, 5.41) is 0.814. The standard InChI is InChI=1S/C14H13ClN2S/c1-3-12-13(17-7-6-16-14(17)18-12)10-4-5-11(15)9(2)8-10/h4-8H,3H2,1-2H3. The Bertz CT molecular complexity index is 712. The summed E-state index contributed by atoms with van der Waals surface area (Å²) in [6, 6.07) is 6.19. The Balaban J connectivity index is 2.28. The molecule has 2 aromatic heterocycles. The number of aryl methyl sites for hydroxylation is 2. The predicted molar refractivity (Wildman–Crippen MR) is 77.6 cm³/mol. The number of imidazole rings is 1. The minimum atomic E-state index is 0.814. The van der Waals surface area contributed by atoms with E-state index in [2.05, 4.69) is 28.4 Å². The van der Waals surface area contributed by atoms with Crippen LogP contribution in [-0.4, -0.2) is 9.38 Å². The van der Waals surface area contributed by atoms with E-state index in [1.54, 1.807) is 11.3 Å². The maximum absolute atomic E-state index is 6.10. The number of hydrogen-bond donors (Lipinski definition) is 0. The monoisotopic (exact) mass is 276 g/mol. The Morgan fingerprint density at radius 3 is 2.94 bits per heavy atom. The molecular formula is C14H13ClN2S. The fraction of sp³-hybridized carbons (Fsp3) is 0.214. The van der Waals surface area contributed by atoms with Crippen molar-refractivity contribution in [2.45, 2.75) is 20.3 Å². The van der Waals surface area contributed by atoms with Crippen LogP contribution >= 0.6 is 22.9 Å². The van der Waals surface area contributed by atoms with E-state index in [-0.39, 0.29) is 0 Å². The van der Waals surface area contributed by atoms with E-state index in [0.717, 1.165) is 22.0 Å². The lowest BCUT2D eigenvalue weighted by atomic mass is 10.1. The Kier molecular flexibility index (Phi) is 2.88. The van der Waals surface area contributed by atoms with Crippen molar-refractivity contribution in [3.63, 3.8) is 0 Å². The molecule has 0 saturated heterocycles. The first-order chi connectivity index (χ1) is 8.70. The molecule has 3 aromatic rings. The first kappa shape index (κ1) is 11.8. The maximum atomic E-state index is 6.10. The molecule has 1 aromatic carbocycles. The van der Waals surface area contributed by atoms with Crippen molar-refractivity contribution in [2.24, 2.45) is 0 Å². The number of fused-ring (bicyclic) bond motifs is 1. The van der Waals surface area contributed by atoms with E-state index in [4.69, 9.17) is 11.6 Å². The van der Waals surface area contributed by atoms with E-state index in [1.807, 2.05) is 25.4 Å². The Hall–Kier alpha value is -1.32. The van der Waals surface area contributed by atoms with Crippen LogP contribution in [-0.2, 0) is 6.42 Å². The van der Waals surface area contributed by atoms with E-state index in [0.29, 0.717) is 0 Å². The molecule has 0 N–H and O–H groups in total. The number of aromatic nitrogens is 2. The minimum absolute atomic E-state index is 0.814. The zero-order chi connectivity index (χ0) is 12.7. The lowest BCUT2D eigenvalue weighted by Crippen LogP contribution is -1.89. The van der Waals surface area contributed by atoms with Gasteiger partial charge in [-0.2, -0.15) is 0 Å². The molecule has 0 saturated carbocycles. The zero-order valence-electron chi connectivity index (χ0n) is 10.3. The van der Waals surface area contributed by atoms with Gasteiger partial charge in [-0.05, 0) is 31.0 Å². The second kappa shape index (κ2) is 4.41. The third-order valence-electron chi connectivity index (χ3n) is 3.08. The highest BCUT2D eigenvalue weighted by Gasteiger charge is 2.13. The van der Waals surface area contributed by atoms with Crippen LogP contribution < -0.4 is 0 Å². The van der Waals surface area contributed by atoms with Crippen molar-refractivity contribution in [2.75, 3.05) is 0 Å². The predicted octanol–water partition coefficient (Wildman–Crippen LogP) is 4.59. The maximum Gasteiger partial charge on any atom is 0.194 e. The van der Waals surface area contributed by atoms with Gasteiger partial charge in [0.25, 0.3) is 0 Å². The van der Waals surface area contributed by atoms with Gasteiger partial charge in [-0.1, -0.05) is 24.6 Å². The molecule has 0 aliphatic rings. The Labute approximate surface area is 115 Å². The minimum Gasteiger partial charge on any atom is -0.290 e. The molecule has 18 heavy (non-hydrogen) atoms. The molecule has 0 bridgehead atoms. The molecule has 2 heterocycles. The molecule has 0 amide bonds. The highest BCUT2D eigenvalue weighted by molar-refractivity contribution is 7.17. The molecule has 0 spiro atoms. The summed E-state index contributed by atoms with van der Waals surface area (Å²) >= 11 is 7.85. The van der Waals surface area contributed by atoms with Crippen LogP contribution in [0.4, 0.5) is 0 Å². The van der Waals surface area contributed by atoms with Gasteiger partial charge in [-0.25, -0.2) is 4.98 Å². The molecule has 0 unspecified atom stereocenters. The molecule has 3 rings (SSSR count). The lowest BCUT2D eigenvalue weighted by Gasteiger charge is -2.06. The second-order valence-electron chi connectivity index (χ2n) is 4.27. The number of hydrogen-bond acceptors (Lipinski definition) is 2. The molecule has 0 radical (unpaired) electrons. The molecule has 0 fully saturated rings. The summed E-state index contributed by atoms with van der Waals surface area (Å²) in [4.78, 5) is 6.78. The van der Waals surface area contributed by atoms with Crippen LogP contribution in [0.15, 0.2) is 30.6 Å². The molecule has 92 valence electrons. The van der Waals surface area contributed by atoms with Crippen LogP contribution in [0, 0.1) is 6.92 Å². The molecule has 0 aliphatic heterocycles. The van der Waals surface area contributed by atoms with Gasteiger partial charge in [-0.15, -0.1) is 11.3 Å². The number of rotatable bonds is 2.